The molecule has 2 rings (SSSR count). The first-order chi connectivity index (χ1) is 9.04. The molecule has 0 bridgehead atoms. The Morgan fingerprint density at radius 1 is 1.21 bits per heavy atom. The van der Waals surface area contributed by atoms with Crippen molar-refractivity contribution >= 4 is 34.3 Å². The van der Waals surface area contributed by atoms with Gasteiger partial charge in [0.05, 0.1) is 6.42 Å². The van der Waals surface area contributed by atoms with Gasteiger partial charge in [-0.2, -0.15) is 0 Å². The second-order valence-corrected chi connectivity index (χ2v) is 5.75. The van der Waals surface area contributed by atoms with E-state index in [2.05, 4.69) is 52.8 Å². The van der Waals surface area contributed by atoms with Gasteiger partial charge in [-0.3, -0.25) is 4.79 Å². The van der Waals surface area contributed by atoms with E-state index in [4.69, 9.17) is 0 Å². The van der Waals surface area contributed by atoms with E-state index in [1.807, 2.05) is 18.2 Å². The predicted molar refractivity (Wildman–Crippen MR) is 85.2 cm³/mol. The summed E-state index contributed by atoms with van der Waals surface area (Å²) in [7, 11) is 0. The summed E-state index contributed by atoms with van der Waals surface area (Å²) in [5.74, 6) is 0.547. The van der Waals surface area contributed by atoms with Crippen LogP contribution in [0, 0.1) is 17.4 Å². The maximum absolute atomic E-state index is 11.9. The minimum absolute atomic E-state index is 0.0445. The molecule has 1 amide bonds. The lowest BCUT2D eigenvalue weighted by molar-refractivity contribution is -0.115. The second kappa shape index (κ2) is 6.14. The predicted octanol–water partition coefficient (Wildman–Crippen LogP) is 3.48. The number of pyridine rings is 1. The molecular weight excluding hydrogens is 351 g/mol. The van der Waals surface area contributed by atoms with Gasteiger partial charge in [0.1, 0.15) is 5.82 Å². The van der Waals surface area contributed by atoms with Crippen LogP contribution in [-0.4, -0.2) is 10.9 Å². The molecule has 1 N–H and O–H groups in total. The number of hydrogen-bond donors (Lipinski definition) is 1. The summed E-state index contributed by atoms with van der Waals surface area (Å²) in [6, 6.07) is 9.81. The zero-order valence-electron chi connectivity index (χ0n) is 10.9. The number of benzene rings is 1. The van der Waals surface area contributed by atoms with Crippen LogP contribution >= 0.6 is 22.6 Å². The Bertz CT molecular complexity index is 594. The summed E-state index contributed by atoms with van der Waals surface area (Å²) in [4.78, 5) is 16.1. The number of carbonyl (C=O) groups is 1. The summed E-state index contributed by atoms with van der Waals surface area (Å²) in [5.41, 5.74) is 3.47. The van der Waals surface area contributed by atoms with Gasteiger partial charge in [0, 0.05) is 9.77 Å². The van der Waals surface area contributed by atoms with Crippen LogP contribution in [0.2, 0.25) is 0 Å². The van der Waals surface area contributed by atoms with Gasteiger partial charge in [-0.05, 0) is 65.3 Å². The zero-order chi connectivity index (χ0) is 13.8. The highest BCUT2D eigenvalue weighted by atomic mass is 127. The van der Waals surface area contributed by atoms with Crippen LogP contribution in [0.15, 0.2) is 36.5 Å². The SMILES string of the molecule is Cc1ccc(CC(=O)Nc2ccc(I)cn2)cc1C. The standard InChI is InChI=1S/C15H15IN2O/c1-10-3-4-12(7-11(10)2)8-15(19)18-14-6-5-13(16)9-17-14/h3-7,9H,8H2,1-2H3,(H,17,18,19). The van der Waals surface area contributed by atoms with Gasteiger partial charge in [0.25, 0.3) is 0 Å². The number of hydrogen-bond acceptors (Lipinski definition) is 2. The fourth-order valence-corrected chi connectivity index (χ4v) is 2.05. The molecule has 0 aliphatic carbocycles. The molecule has 0 saturated heterocycles. The molecule has 3 nitrogen and oxygen atoms in total. The first-order valence-corrected chi connectivity index (χ1v) is 7.10. The molecule has 2 aromatic rings. The third-order valence-corrected chi connectivity index (χ3v) is 3.57. The van der Waals surface area contributed by atoms with Gasteiger partial charge in [-0.25, -0.2) is 4.98 Å². The van der Waals surface area contributed by atoms with Crippen molar-refractivity contribution in [1.82, 2.24) is 4.98 Å². The van der Waals surface area contributed by atoms with Crippen LogP contribution in [0.25, 0.3) is 0 Å². The summed E-state index contributed by atoms with van der Waals surface area (Å²) < 4.78 is 1.05. The minimum Gasteiger partial charge on any atom is -0.310 e. The lowest BCUT2D eigenvalue weighted by Crippen LogP contribution is -2.15. The van der Waals surface area contributed by atoms with E-state index < -0.39 is 0 Å². The maximum atomic E-state index is 11.9. The molecule has 0 aliphatic rings. The van der Waals surface area contributed by atoms with Crippen LogP contribution in [0.3, 0.4) is 0 Å². The lowest BCUT2D eigenvalue weighted by Gasteiger charge is -2.06. The number of halogens is 1. The summed E-state index contributed by atoms with van der Waals surface area (Å²) in [6.07, 6.45) is 2.10. The van der Waals surface area contributed by atoms with E-state index in [9.17, 15) is 4.79 Å². The van der Waals surface area contributed by atoms with Gasteiger partial charge in [-0.15, -0.1) is 0 Å². The van der Waals surface area contributed by atoms with Gasteiger partial charge < -0.3 is 5.32 Å². The summed E-state index contributed by atoms with van der Waals surface area (Å²) >= 11 is 2.18. The van der Waals surface area contributed by atoms with Crippen molar-refractivity contribution in [2.24, 2.45) is 0 Å². The van der Waals surface area contributed by atoms with E-state index >= 15 is 0 Å². The fourth-order valence-electron chi connectivity index (χ4n) is 1.74. The largest absolute Gasteiger partial charge is 0.310 e. The average molecular weight is 366 g/mol. The number of nitrogens with one attached hydrogen (secondary N) is 1. The smallest absolute Gasteiger partial charge is 0.229 e. The Kier molecular flexibility index (Phi) is 4.52. The molecule has 0 atom stereocenters. The lowest BCUT2D eigenvalue weighted by atomic mass is 10.0. The van der Waals surface area contributed by atoms with Gasteiger partial charge >= 0.3 is 0 Å². The van der Waals surface area contributed by atoms with Crippen molar-refractivity contribution in [1.29, 1.82) is 0 Å². The molecule has 98 valence electrons. The van der Waals surface area contributed by atoms with Crippen molar-refractivity contribution in [3.05, 3.63) is 56.8 Å². The van der Waals surface area contributed by atoms with Gasteiger partial charge in [0.15, 0.2) is 0 Å². The first-order valence-electron chi connectivity index (χ1n) is 6.02. The molecular formula is C15H15IN2O. The third-order valence-electron chi connectivity index (χ3n) is 2.93. The highest BCUT2D eigenvalue weighted by Crippen LogP contribution is 2.12. The van der Waals surface area contributed by atoms with Crippen LogP contribution in [0.1, 0.15) is 16.7 Å². The Balaban J connectivity index is 2.01. The van der Waals surface area contributed by atoms with Crippen LogP contribution in [0.4, 0.5) is 5.82 Å². The molecule has 0 spiro atoms. The number of carbonyl (C=O) groups excluding carboxylic acids is 1. The molecule has 1 aromatic heterocycles. The summed E-state index contributed by atoms with van der Waals surface area (Å²) in [6.45, 7) is 4.12. The topological polar surface area (TPSA) is 42.0 Å². The molecule has 0 fully saturated rings. The van der Waals surface area contributed by atoms with Gasteiger partial charge in [-0.1, -0.05) is 18.2 Å². The molecule has 4 heteroatoms. The number of amides is 1. The third kappa shape index (κ3) is 4.02. The van der Waals surface area contributed by atoms with E-state index in [1.54, 1.807) is 12.3 Å². The molecule has 0 unspecified atom stereocenters. The van der Waals surface area contributed by atoms with E-state index in [0.29, 0.717) is 12.2 Å². The molecule has 0 aliphatic heterocycles. The quantitative estimate of drug-likeness (QED) is 0.846. The summed E-state index contributed by atoms with van der Waals surface area (Å²) in [5, 5.41) is 2.80. The molecule has 0 radical (unpaired) electrons. The molecule has 1 aromatic carbocycles. The number of rotatable bonds is 3. The Labute approximate surface area is 126 Å². The average Bonchev–Trinajstić information content (AvgIpc) is 2.37. The normalized spacial score (nSPS) is 10.3. The number of anilines is 1. The molecule has 1 heterocycles. The monoisotopic (exact) mass is 366 g/mol. The Hall–Kier alpha value is -1.43. The van der Waals surface area contributed by atoms with Crippen LogP contribution in [0.5, 0.6) is 0 Å². The first kappa shape index (κ1) is 14.0. The van der Waals surface area contributed by atoms with E-state index in [0.717, 1.165) is 9.13 Å². The fraction of sp³-hybridized carbons (Fsp3) is 0.200. The Morgan fingerprint density at radius 3 is 2.63 bits per heavy atom. The van der Waals surface area contributed by atoms with Crippen LogP contribution < -0.4 is 5.32 Å². The van der Waals surface area contributed by atoms with Crippen LogP contribution in [-0.2, 0) is 11.2 Å². The van der Waals surface area contributed by atoms with Crippen molar-refractivity contribution in [2.75, 3.05) is 5.32 Å². The number of aromatic nitrogens is 1. The molecule has 0 saturated carbocycles. The number of nitrogens with zero attached hydrogens (tertiary/aromatic N) is 1. The highest BCUT2D eigenvalue weighted by Gasteiger charge is 2.05. The minimum atomic E-state index is -0.0445. The van der Waals surface area contributed by atoms with Crippen molar-refractivity contribution in [2.45, 2.75) is 20.3 Å². The second-order valence-electron chi connectivity index (χ2n) is 4.51. The number of aryl methyl sites for hydroxylation is 2. The zero-order valence-corrected chi connectivity index (χ0v) is 13.1. The van der Waals surface area contributed by atoms with Gasteiger partial charge in [0.2, 0.25) is 5.91 Å². The van der Waals surface area contributed by atoms with E-state index in [1.165, 1.54) is 11.1 Å². The molecule has 19 heavy (non-hydrogen) atoms. The van der Waals surface area contributed by atoms with Crippen molar-refractivity contribution in [3.8, 4) is 0 Å². The highest BCUT2D eigenvalue weighted by molar-refractivity contribution is 14.1. The van der Waals surface area contributed by atoms with Crippen molar-refractivity contribution < 1.29 is 4.79 Å². The maximum Gasteiger partial charge on any atom is 0.229 e. The Morgan fingerprint density at radius 2 is 2.00 bits per heavy atom. The van der Waals surface area contributed by atoms with E-state index in [-0.39, 0.29) is 5.91 Å². The van der Waals surface area contributed by atoms with Crippen molar-refractivity contribution in [3.63, 3.8) is 0 Å².